The third-order valence-electron chi connectivity index (χ3n) is 9.27. The summed E-state index contributed by atoms with van der Waals surface area (Å²) in [4.78, 5) is 36.6. The molecule has 6 rings (SSSR count). The third kappa shape index (κ3) is 6.63. The van der Waals surface area contributed by atoms with Gasteiger partial charge in [0.2, 0.25) is 11.8 Å². The van der Waals surface area contributed by atoms with E-state index in [-0.39, 0.29) is 29.5 Å². The summed E-state index contributed by atoms with van der Waals surface area (Å²) in [7, 11) is 3.68. The summed E-state index contributed by atoms with van der Waals surface area (Å²) >= 11 is 0. The van der Waals surface area contributed by atoms with Crippen LogP contribution in [0.25, 0.3) is 10.9 Å². The lowest BCUT2D eigenvalue weighted by atomic mass is 10.00. The monoisotopic (exact) mass is 659 g/mol. The Morgan fingerprint density at radius 1 is 0.958 bits per heavy atom. The number of primary amides is 1. The van der Waals surface area contributed by atoms with Gasteiger partial charge in [0.05, 0.1) is 24.9 Å². The average molecular weight is 660 g/mol. The van der Waals surface area contributed by atoms with Crippen molar-refractivity contribution in [2.45, 2.75) is 19.8 Å². The second-order valence-electron chi connectivity index (χ2n) is 12.5. The second kappa shape index (κ2) is 13.7. The fourth-order valence-electron chi connectivity index (χ4n) is 6.21. The number of likely N-dealkylation sites (N-methyl/N-ethyl adjacent to an activating group) is 1. The van der Waals surface area contributed by atoms with Gasteiger partial charge in [-0.15, -0.1) is 0 Å². The van der Waals surface area contributed by atoms with Gasteiger partial charge in [-0.3, -0.25) is 19.5 Å². The zero-order chi connectivity index (χ0) is 34.0. The molecule has 1 saturated heterocycles. The molecule has 48 heavy (non-hydrogen) atoms. The Labute approximate surface area is 278 Å². The molecule has 3 aromatic carbocycles. The SMILES string of the molecule is COc1cc2c(Oc3ccc(N(C(=O)[C@]4(C(N)=O)C[C@@H]4C)c4ccc(F)cc4)cc3F)ccnc2cc1OCCCN1CCN(C)CC1. The molecule has 1 saturated carbocycles. The van der Waals surface area contributed by atoms with E-state index in [1.54, 1.807) is 38.4 Å². The Bertz CT molecular complexity index is 1820. The first-order chi connectivity index (χ1) is 23.1. The van der Waals surface area contributed by atoms with Crippen LogP contribution in [0.2, 0.25) is 0 Å². The van der Waals surface area contributed by atoms with Gasteiger partial charge in [0.15, 0.2) is 23.1 Å². The molecule has 2 amide bonds. The highest BCUT2D eigenvalue weighted by Gasteiger charge is 2.64. The highest BCUT2D eigenvalue weighted by Crippen LogP contribution is 2.54. The summed E-state index contributed by atoms with van der Waals surface area (Å²) in [5.41, 5.74) is 5.19. The van der Waals surface area contributed by atoms with Gasteiger partial charge in [0, 0.05) is 62.1 Å². The van der Waals surface area contributed by atoms with Crippen molar-refractivity contribution < 1.29 is 32.6 Å². The van der Waals surface area contributed by atoms with Crippen LogP contribution in [0, 0.1) is 23.0 Å². The number of nitrogens with two attached hydrogens (primary N) is 1. The van der Waals surface area contributed by atoms with Crippen LogP contribution in [-0.4, -0.2) is 80.1 Å². The van der Waals surface area contributed by atoms with Crippen LogP contribution in [0.15, 0.2) is 66.9 Å². The molecule has 1 aliphatic heterocycles. The zero-order valence-electron chi connectivity index (χ0n) is 27.2. The van der Waals surface area contributed by atoms with Gasteiger partial charge in [0.1, 0.15) is 17.0 Å². The molecule has 2 atom stereocenters. The molecular weight excluding hydrogens is 620 g/mol. The van der Waals surface area contributed by atoms with Gasteiger partial charge >= 0.3 is 0 Å². The quantitative estimate of drug-likeness (QED) is 0.157. The first kappa shape index (κ1) is 33.1. The molecule has 252 valence electrons. The van der Waals surface area contributed by atoms with E-state index in [1.165, 1.54) is 41.3 Å². The number of carbonyl (C=O) groups excluding carboxylic acids is 2. The number of amides is 2. The largest absolute Gasteiger partial charge is 0.493 e. The molecule has 2 aliphatic rings. The number of fused-ring (bicyclic) bond motifs is 1. The maximum absolute atomic E-state index is 15.7. The van der Waals surface area contributed by atoms with E-state index in [4.69, 9.17) is 19.9 Å². The highest BCUT2D eigenvalue weighted by molar-refractivity contribution is 6.17. The minimum Gasteiger partial charge on any atom is -0.493 e. The summed E-state index contributed by atoms with van der Waals surface area (Å²) in [6.45, 7) is 7.44. The molecular formula is C36H39F2N5O5. The molecule has 2 N–H and O–H groups in total. The summed E-state index contributed by atoms with van der Waals surface area (Å²) in [6.07, 6.45) is 2.69. The van der Waals surface area contributed by atoms with Gasteiger partial charge in [-0.05, 0) is 74.3 Å². The van der Waals surface area contributed by atoms with E-state index in [2.05, 4.69) is 21.8 Å². The lowest BCUT2D eigenvalue weighted by Gasteiger charge is -2.32. The highest BCUT2D eigenvalue weighted by atomic mass is 19.1. The fraction of sp³-hybridized carbons (Fsp3) is 0.361. The predicted molar refractivity (Wildman–Crippen MR) is 178 cm³/mol. The predicted octanol–water partition coefficient (Wildman–Crippen LogP) is 5.51. The van der Waals surface area contributed by atoms with Crippen LogP contribution in [0.3, 0.4) is 0 Å². The fourth-order valence-corrected chi connectivity index (χ4v) is 6.21. The van der Waals surface area contributed by atoms with Crippen molar-refractivity contribution in [1.29, 1.82) is 0 Å². The van der Waals surface area contributed by atoms with E-state index in [0.717, 1.165) is 45.2 Å². The number of rotatable bonds is 12. The maximum Gasteiger partial charge on any atom is 0.247 e. The minimum absolute atomic E-state index is 0.106. The Kier molecular flexibility index (Phi) is 9.47. The molecule has 0 bridgehead atoms. The first-order valence-electron chi connectivity index (χ1n) is 16.0. The Balaban J connectivity index is 1.22. The minimum atomic E-state index is -1.43. The number of aromatic nitrogens is 1. The van der Waals surface area contributed by atoms with Crippen molar-refractivity contribution in [3.63, 3.8) is 0 Å². The van der Waals surface area contributed by atoms with Crippen molar-refractivity contribution in [1.82, 2.24) is 14.8 Å². The number of carbonyl (C=O) groups is 2. The molecule has 1 aromatic heterocycles. The van der Waals surface area contributed by atoms with Crippen LogP contribution in [0.4, 0.5) is 20.2 Å². The van der Waals surface area contributed by atoms with Crippen LogP contribution in [0.1, 0.15) is 19.8 Å². The molecule has 12 heteroatoms. The van der Waals surface area contributed by atoms with Gasteiger partial charge in [-0.25, -0.2) is 8.78 Å². The number of nitrogens with zero attached hydrogens (tertiary/aromatic N) is 4. The lowest BCUT2D eigenvalue weighted by molar-refractivity contribution is -0.134. The van der Waals surface area contributed by atoms with Gasteiger partial charge in [-0.1, -0.05) is 6.92 Å². The molecule has 1 aliphatic carbocycles. The van der Waals surface area contributed by atoms with Gasteiger partial charge in [-0.2, -0.15) is 0 Å². The van der Waals surface area contributed by atoms with Crippen LogP contribution in [-0.2, 0) is 9.59 Å². The Hall–Kier alpha value is -4.81. The number of piperazine rings is 1. The number of pyridine rings is 1. The summed E-state index contributed by atoms with van der Waals surface area (Å²) in [6, 6.07) is 14.3. The van der Waals surface area contributed by atoms with Crippen molar-refractivity contribution >= 4 is 34.1 Å². The molecule has 0 unspecified atom stereocenters. The number of halogens is 2. The molecule has 2 fully saturated rings. The molecule has 0 spiro atoms. The number of anilines is 2. The second-order valence-corrected chi connectivity index (χ2v) is 12.5. The van der Waals surface area contributed by atoms with Crippen LogP contribution >= 0.6 is 0 Å². The van der Waals surface area contributed by atoms with E-state index < -0.39 is 28.9 Å². The summed E-state index contributed by atoms with van der Waals surface area (Å²) < 4.78 is 47.3. The normalized spacial score (nSPS) is 19.6. The number of hydrogen-bond donors (Lipinski definition) is 1. The lowest BCUT2D eigenvalue weighted by Crippen LogP contribution is -2.44. The van der Waals surface area contributed by atoms with Crippen molar-refractivity contribution in [2.24, 2.45) is 17.1 Å². The van der Waals surface area contributed by atoms with E-state index in [1.807, 2.05) is 0 Å². The average Bonchev–Trinajstić information content (AvgIpc) is 3.78. The standard InChI is InChI=1S/C36H39F2N5O5/c1-23-22-36(23,34(39)44)35(45)43(25-7-5-24(37)6-8-25)26-9-10-31(28(38)19-26)48-30-11-12-40-29-21-33(32(46-3)20-27(29)30)47-18-4-13-42-16-14-41(2)15-17-42/h5-12,19-21,23H,4,13-18,22H2,1-3H3,(H2,39,44)/t23-,36+/m0/s1. The molecule has 0 radical (unpaired) electrons. The zero-order valence-corrected chi connectivity index (χ0v) is 27.2. The Morgan fingerprint density at radius 2 is 1.67 bits per heavy atom. The van der Waals surface area contributed by atoms with E-state index in [9.17, 15) is 14.0 Å². The maximum atomic E-state index is 15.7. The topological polar surface area (TPSA) is 110 Å². The van der Waals surface area contributed by atoms with Crippen LogP contribution < -0.4 is 24.8 Å². The first-order valence-corrected chi connectivity index (χ1v) is 16.0. The van der Waals surface area contributed by atoms with Gasteiger partial charge < -0.3 is 29.7 Å². The number of benzene rings is 3. The molecule has 10 nitrogen and oxygen atoms in total. The third-order valence-corrected chi connectivity index (χ3v) is 9.27. The Morgan fingerprint density at radius 3 is 2.31 bits per heavy atom. The van der Waals surface area contributed by atoms with E-state index >= 15 is 4.39 Å². The van der Waals surface area contributed by atoms with Crippen molar-refractivity contribution in [3.05, 3.63) is 78.5 Å². The van der Waals surface area contributed by atoms with Gasteiger partial charge in [0.25, 0.3) is 0 Å². The number of hydrogen-bond acceptors (Lipinski definition) is 8. The molecule has 4 aromatic rings. The molecule has 2 heterocycles. The van der Waals surface area contributed by atoms with Crippen molar-refractivity contribution in [3.8, 4) is 23.0 Å². The number of methoxy groups -OCH3 is 1. The van der Waals surface area contributed by atoms with Crippen molar-refractivity contribution in [2.75, 3.05) is 58.4 Å². The van der Waals surface area contributed by atoms with Crippen LogP contribution in [0.5, 0.6) is 23.0 Å². The summed E-state index contributed by atoms with van der Waals surface area (Å²) in [5.74, 6) is -1.66. The van der Waals surface area contributed by atoms with E-state index in [0.29, 0.717) is 34.8 Å². The number of ether oxygens (including phenoxy) is 3. The summed E-state index contributed by atoms with van der Waals surface area (Å²) in [5, 5.41) is 0.580. The smallest absolute Gasteiger partial charge is 0.247 e.